The number of primary sulfonamides is 1. The Bertz CT molecular complexity index is 2290. The summed E-state index contributed by atoms with van der Waals surface area (Å²) >= 11 is 2.69. The number of amides is 3. The molecule has 16 heteroatoms. The molecule has 2 aliphatic carbocycles. The van der Waals surface area contributed by atoms with Gasteiger partial charge in [0.2, 0.25) is 21.8 Å². The van der Waals surface area contributed by atoms with Gasteiger partial charge in [-0.15, -0.1) is 11.8 Å². The van der Waals surface area contributed by atoms with Crippen molar-refractivity contribution in [2.24, 2.45) is 34.7 Å². The Morgan fingerprint density at radius 1 is 0.962 bits per heavy atom. The third kappa shape index (κ3) is 5.73. The highest BCUT2D eigenvalue weighted by Crippen LogP contribution is 2.69. The third-order valence-corrected chi connectivity index (χ3v) is 14.0. The van der Waals surface area contributed by atoms with Crippen LogP contribution in [0.3, 0.4) is 0 Å². The first kappa shape index (κ1) is 34.3. The van der Waals surface area contributed by atoms with Crippen LogP contribution in [-0.4, -0.2) is 55.6 Å². The normalized spacial score (nSPS) is 25.7. The zero-order valence-electron chi connectivity index (χ0n) is 27.5. The van der Waals surface area contributed by atoms with Crippen LogP contribution >= 0.6 is 23.1 Å². The van der Waals surface area contributed by atoms with Crippen molar-refractivity contribution in [1.82, 2.24) is 4.98 Å². The Morgan fingerprint density at radius 2 is 1.65 bits per heavy atom. The fraction of sp³-hybridized carbons (Fsp3) is 0.306. The van der Waals surface area contributed by atoms with Crippen molar-refractivity contribution in [3.63, 3.8) is 0 Å². The molecule has 2 bridgehead atoms. The second kappa shape index (κ2) is 13.0. The number of thiazole rings is 1. The van der Waals surface area contributed by atoms with Gasteiger partial charge >= 0.3 is 10.8 Å². The molecule has 4 aliphatic rings. The van der Waals surface area contributed by atoms with Crippen LogP contribution < -0.4 is 25.0 Å². The summed E-state index contributed by atoms with van der Waals surface area (Å²) in [6, 6.07) is 19.1. The Kier molecular flexibility index (Phi) is 8.59. The third-order valence-electron chi connectivity index (χ3n) is 10.4. The molecule has 1 saturated heterocycles. The molecule has 4 N–H and O–H groups in total. The number of fused-ring (bicyclic) bond motifs is 9. The zero-order chi connectivity index (χ0) is 36.5. The predicted octanol–water partition coefficient (Wildman–Crippen LogP) is 3.96. The van der Waals surface area contributed by atoms with Gasteiger partial charge in [-0.2, -0.15) is 0 Å². The van der Waals surface area contributed by atoms with E-state index >= 15 is 0 Å². The number of anilines is 2. The van der Waals surface area contributed by atoms with E-state index in [0.717, 1.165) is 26.8 Å². The Morgan fingerprint density at radius 3 is 2.35 bits per heavy atom. The van der Waals surface area contributed by atoms with Gasteiger partial charge in [0.25, 0.3) is 5.91 Å². The molecule has 3 aromatic carbocycles. The number of nitrogens with zero attached hydrogens (tertiary/aromatic N) is 1. The van der Waals surface area contributed by atoms with Crippen LogP contribution in [0.5, 0.6) is 5.75 Å². The largest absolute Gasteiger partial charge is 0.483 e. The molecule has 0 spiro atoms. The van der Waals surface area contributed by atoms with Crippen LogP contribution in [-0.2, 0) is 29.1 Å². The highest BCUT2D eigenvalue weighted by Gasteiger charge is 2.69. The molecule has 7 atom stereocenters. The summed E-state index contributed by atoms with van der Waals surface area (Å²) in [6.45, 7) is 1.59. The first-order valence-corrected chi connectivity index (χ1v) is 19.9. The number of hydrogen-bond acceptors (Lipinski definition) is 11. The highest BCUT2D eigenvalue weighted by molar-refractivity contribution is 8.00. The fourth-order valence-corrected chi connectivity index (χ4v) is 11.9. The molecule has 3 amide bonds. The van der Waals surface area contributed by atoms with Crippen molar-refractivity contribution < 1.29 is 37.1 Å². The minimum Gasteiger partial charge on any atom is -0.483 e. The van der Waals surface area contributed by atoms with E-state index in [9.17, 15) is 32.4 Å². The first-order chi connectivity index (χ1) is 24.9. The predicted molar refractivity (Wildman–Crippen MR) is 192 cm³/mol. The van der Waals surface area contributed by atoms with Gasteiger partial charge < -0.3 is 19.8 Å². The molecule has 3 fully saturated rings. The van der Waals surface area contributed by atoms with Crippen molar-refractivity contribution in [1.29, 1.82) is 0 Å². The van der Waals surface area contributed by atoms with Gasteiger partial charge in [-0.05, 0) is 85.7 Å². The molecule has 1 aromatic heterocycles. The number of nitrogens with one attached hydrogen (secondary N) is 2. The lowest BCUT2D eigenvalue weighted by molar-refractivity contribution is -0.123. The van der Waals surface area contributed by atoms with Crippen LogP contribution in [0.25, 0.3) is 0 Å². The van der Waals surface area contributed by atoms with E-state index in [-0.39, 0.29) is 63.7 Å². The van der Waals surface area contributed by atoms with E-state index < -0.39 is 33.7 Å². The van der Waals surface area contributed by atoms with E-state index in [2.05, 4.69) is 10.3 Å². The summed E-state index contributed by atoms with van der Waals surface area (Å²) in [6.07, 6.45) is 0.691. The van der Waals surface area contributed by atoms with Crippen molar-refractivity contribution in [2.75, 3.05) is 23.4 Å². The quantitative estimate of drug-likeness (QED) is 0.166. The molecule has 2 aliphatic heterocycles. The molecule has 0 radical (unpaired) electrons. The molecule has 3 heterocycles. The fourth-order valence-electron chi connectivity index (χ4n) is 8.52. The summed E-state index contributed by atoms with van der Waals surface area (Å²) < 4.78 is 34.4. The number of benzene rings is 3. The van der Waals surface area contributed by atoms with Crippen LogP contribution in [0.2, 0.25) is 0 Å². The van der Waals surface area contributed by atoms with Gasteiger partial charge in [-0.25, -0.2) is 18.4 Å². The van der Waals surface area contributed by atoms with Crippen molar-refractivity contribution in [2.45, 2.75) is 34.4 Å². The number of sulfonamides is 1. The molecule has 4 aromatic rings. The number of H-pyrrole nitrogens is 1. The number of aromatic nitrogens is 1. The number of hydrogen-bond donors (Lipinski definition) is 3. The van der Waals surface area contributed by atoms with Gasteiger partial charge in [0.15, 0.2) is 6.61 Å². The number of esters is 1. The molecule has 52 heavy (non-hydrogen) atoms. The summed E-state index contributed by atoms with van der Waals surface area (Å²) in [4.78, 5) is 70.9. The average molecular weight is 761 g/mol. The Balaban J connectivity index is 1.07. The zero-order valence-corrected chi connectivity index (χ0v) is 30.0. The van der Waals surface area contributed by atoms with Crippen LogP contribution in [0, 0.1) is 29.6 Å². The maximum Gasteiger partial charge on any atom is 0.338 e. The van der Waals surface area contributed by atoms with Crippen molar-refractivity contribution >= 4 is 68.2 Å². The summed E-state index contributed by atoms with van der Waals surface area (Å²) in [5.41, 5.74) is 1.86. The smallest absolute Gasteiger partial charge is 0.338 e. The van der Waals surface area contributed by atoms with Gasteiger partial charge in [0, 0.05) is 27.3 Å². The van der Waals surface area contributed by atoms with Crippen LogP contribution in [0.4, 0.5) is 11.4 Å². The SMILES string of the molecule is CCOC(=O)c1ccc(N2C(=O)C3C(C2=O)[C@@H]2C[C@H]3C3Sc4[nH]c(=O)sc4[C@H](c4ccccc4OCC(=O)Nc4ccc(S(N)(=O)=O)cc4)C32)cc1. The standard InChI is InChI=1S/C36H32N4O9S3/c1-2-48-35(44)17-7-11-19(12-8-17)40-33(42)28-22-15-23(29(28)34(40)43)30-27(22)26(31-32(50-30)39-36(45)51-31)21-5-3-4-6-24(21)49-16-25(41)38-18-9-13-20(14-10-18)52(37,46)47/h3-14,22-23,26-30H,2,15-16H2,1H3,(H,38,41)(H,39,45)(H2,37,46,47)/t22-,23-,26-,27?,28?,29?,30?/m1/s1. The van der Waals surface area contributed by atoms with Gasteiger partial charge in [0.1, 0.15) is 5.75 Å². The number of para-hydroxylation sites is 1. The van der Waals surface area contributed by atoms with Crippen LogP contribution in [0.1, 0.15) is 40.1 Å². The summed E-state index contributed by atoms with van der Waals surface area (Å²) in [7, 11) is -3.88. The molecule has 13 nitrogen and oxygen atoms in total. The van der Waals surface area contributed by atoms with Crippen LogP contribution in [0.15, 0.2) is 87.5 Å². The number of carbonyl (C=O) groups is 4. The highest BCUT2D eigenvalue weighted by atomic mass is 32.2. The van der Waals surface area contributed by atoms with E-state index in [1.165, 1.54) is 29.2 Å². The molecule has 2 saturated carbocycles. The van der Waals surface area contributed by atoms with Gasteiger partial charge in [-0.1, -0.05) is 29.5 Å². The number of imide groups is 1. The van der Waals surface area contributed by atoms with Gasteiger partial charge in [0.05, 0.1) is 39.6 Å². The second-order valence-corrected chi connectivity index (χ2v) is 16.9. The number of thioether (sulfide) groups is 1. The topological polar surface area (TPSA) is 195 Å². The maximum absolute atomic E-state index is 14.2. The lowest BCUT2D eigenvalue weighted by Crippen LogP contribution is -2.42. The minimum absolute atomic E-state index is 0.0615. The monoisotopic (exact) mass is 760 g/mol. The summed E-state index contributed by atoms with van der Waals surface area (Å²) in [5.74, 6) is -2.77. The molecule has 268 valence electrons. The first-order valence-electron chi connectivity index (χ1n) is 16.6. The summed E-state index contributed by atoms with van der Waals surface area (Å²) in [5, 5.41) is 8.53. The second-order valence-electron chi connectivity index (χ2n) is 13.2. The lowest BCUT2D eigenvalue weighted by atomic mass is 9.68. The number of carbonyl (C=O) groups excluding carboxylic acids is 4. The Labute approximate surface area is 305 Å². The average Bonchev–Trinajstić information content (AvgIpc) is 3.86. The van der Waals surface area contributed by atoms with Gasteiger partial charge in [-0.3, -0.25) is 24.1 Å². The number of ether oxygens (including phenoxy) is 2. The van der Waals surface area contributed by atoms with Crippen molar-refractivity contribution in [3.8, 4) is 5.75 Å². The molecular weight excluding hydrogens is 729 g/mol. The van der Waals surface area contributed by atoms with E-state index in [1.807, 2.05) is 12.1 Å². The van der Waals surface area contributed by atoms with E-state index in [1.54, 1.807) is 55.1 Å². The number of aromatic amines is 1. The lowest BCUT2D eigenvalue weighted by Gasteiger charge is -2.43. The number of nitrogens with two attached hydrogens (primary N) is 1. The maximum atomic E-state index is 14.2. The molecule has 8 rings (SSSR count). The van der Waals surface area contributed by atoms with E-state index in [0.29, 0.717) is 29.1 Å². The molecular formula is C36H32N4O9S3. The number of rotatable bonds is 9. The molecule has 4 unspecified atom stereocenters. The van der Waals surface area contributed by atoms with Crippen molar-refractivity contribution in [3.05, 3.63) is 98.5 Å². The van der Waals surface area contributed by atoms with E-state index in [4.69, 9.17) is 14.6 Å². The minimum atomic E-state index is -3.88. The Hall–Kier alpha value is -4.77.